The molecule has 6 nitrogen and oxygen atoms in total. The number of sulfonamides is 1. The molecule has 7 heteroatoms. The van der Waals surface area contributed by atoms with Crippen molar-refractivity contribution in [1.82, 2.24) is 13.9 Å². The lowest BCUT2D eigenvalue weighted by Crippen LogP contribution is -2.42. The molecule has 2 aromatic rings. The molecule has 1 aliphatic rings. The maximum atomic E-state index is 13.2. The molecule has 1 aromatic heterocycles. The maximum absolute atomic E-state index is 13.2. The standard InChI is InChI=1S/C17H23N3O3S/c1-4-23-11-16-17-15(18-12-19(17)3)8-9-20(16)24(21,22)14-7-5-6-13(2)10-14/h5-7,10,12,16H,4,8-9,11H2,1-3H3. The molecule has 24 heavy (non-hydrogen) atoms. The number of fused-ring (bicyclic) bond motifs is 1. The molecule has 0 saturated heterocycles. The summed E-state index contributed by atoms with van der Waals surface area (Å²) in [7, 11) is -1.69. The third-order valence-electron chi connectivity index (χ3n) is 4.37. The van der Waals surface area contributed by atoms with E-state index in [4.69, 9.17) is 4.74 Å². The van der Waals surface area contributed by atoms with Crippen LogP contribution in [0, 0.1) is 6.92 Å². The fourth-order valence-electron chi connectivity index (χ4n) is 3.21. The van der Waals surface area contributed by atoms with Crippen molar-refractivity contribution in [3.8, 4) is 0 Å². The number of ether oxygens (including phenoxy) is 1. The van der Waals surface area contributed by atoms with Crippen LogP contribution in [0.15, 0.2) is 35.5 Å². The van der Waals surface area contributed by atoms with Crippen LogP contribution in [0.3, 0.4) is 0 Å². The second-order valence-electron chi connectivity index (χ2n) is 6.04. The van der Waals surface area contributed by atoms with Crippen molar-refractivity contribution >= 4 is 10.0 Å². The summed E-state index contributed by atoms with van der Waals surface area (Å²) in [6.45, 7) is 5.09. The van der Waals surface area contributed by atoms with Gasteiger partial charge in [-0.25, -0.2) is 13.4 Å². The molecule has 1 aliphatic heterocycles. The summed E-state index contributed by atoms with van der Waals surface area (Å²) in [4.78, 5) is 4.73. The van der Waals surface area contributed by atoms with E-state index in [1.807, 2.05) is 31.5 Å². The van der Waals surface area contributed by atoms with E-state index in [0.717, 1.165) is 17.0 Å². The fourth-order valence-corrected chi connectivity index (χ4v) is 4.89. The number of aryl methyl sites for hydroxylation is 2. The minimum Gasteiger partial charge on any atom is -0.380 e. The van der Waals surface area contributed by atoms with Gasteiger partial charge in [-0.3, -0.25) is 0 Å². The number of aromatic nitrogens is 2. The quantitative estimate of drug-likeness (QED) is 0.829. The smallest absolute Gasteiger partial charge is 0.243 e. The number of imidazole rings is 1. The van der Waals surface area contributed by atoms with Gasteiger partial charge in [-0.15, -0.1) is 0 Å². The molecule has 0 radical (unpaired) electrons. The number of hydrogen-bond donors (Lipinski definition) is 0. The van der Waals surface area contributed by atoms with E-state index in [2.05, 4.69) is 4.98 Å². The van der Waals surface area contributed by atoms with Gasteiger partial charge in [-0.1, -0.05) is 12.1 Å². The van der Waals surface area contributed by atoms with Crippen molar-refractivity contribution in [2.75, 3.05) is 19.8 Å². The molecule has 0 bridgehead atoms. The summed E-state index contributed by atoms with van der Waals surface area (Å²) in [5, 5.41) is 0. The molecule has 1 aromatic carbocycles. The highest BCUT2D eigenvalue weighted by atomic mass is 32.2. The molecule has 1 atom stereocenters. The summed E-state index contributed by atoms with van der Waals surface area (Å²) >= 11 is 0. The minimum atomic E-state index is -3.59. The van der Waals surface area contributed by atoms with E-state index in [-0.39, 0.29) is 6.04 Å². The van der Waals surface area contributed by atoms with E-state index in [9.17, 15) is 8.42 Å². The highest BCUT2D eigenvalue weighted by Crippen LogP contribution is 2.33. The average Bonchev–Trinajstić information content (AvgIpc) is 2.94. The summed E-state index contributed by atoms with van der Waals surface area (Å²) in [5.41, 5.74) is 2.81. The van der Waals surface area contributed by atoms with Crippen LogP contribution in [0.5, 0.6) is 0 Å². The lowest BCUT2D eigenvalue weighted by molar-refractivity contribution is 0.0907. The van der Waals surface area contributed by atoms with Gasteiger partial charge in [0.1, 0.15) is 0 Å². The third kappa shape index (κ3) is 2.99. The zero-order chi connectivity index (χ0) is 17.3. The van der Waals surface area contributed by atoms with Crippen molar-refractivity contribution in [1.29, 1.82) is 0 Å². The highest BCUT2D eigenvalue weighted by Gasteiger charge is 2.38. The van der Waals surface area contributed by atoms with Crippen molar-refractivity contribution in [3.63, 3.8) is 0 Å². The van der Waals surface area contributed by atoms with Crippen LogP contribution in [-0.4, -0.2) is 42.0 Å². The summed E-state index contributed by atoms with van der Waals surface area (Å²) in [6.07, 6.45) is 2.36. The van der Waals surface area contributed by atoms with Gasteiger partial charge in [-0.05, 0) is 31.5 Å². The van der Waals surface area contributed by atoms with Gasteiger partial charge >= 0.3 is 0 Å². The molecule has 3 rings (SSSR count). The number of hydrogen-bond acceptors (Lipinski definition) is 4. The van der Waals surface area contributed by atoms with Crippen LogP contribution in [0.4, 0.5) is 0 Å². The van der Waals surface area contributed by atoms with Crippen molar-refractivity contribution in [2.24, 2.45) is 7.05 Å². The first-order chi connectivity index (χ1) is 11.4. The predicted molar refractivity (Wildman–Crippen MR) is 91.2 cm³/mol. The molecule has 0 spiro atoms. The van der Waals surface area contributed by atoms with E-state index in [0.29, 0.717) is 31.1 Å². The second-order valence-corrected chi connectivity index (χ2v) is 7.94. The van der Waals surface area contributed by atoms with Crippen LogP contribution in [-0.2, 0) is 28.2 Å². The highest BCUT2D eigenvalue weighted by molar-refractivity contribution is 7.89. The normalized spacial score (nSPS) is 18.5. The first-order valence-corrected chi connectivity index (χ1v) is 9.55. The van der Waals surface area contributed by atoms with Gasteiger partial charge in [0.2, 0.25) is 10.0 Å². The number of nitrogens with zero attached hydrogens (tertiary/aromatic N) is 3. The molecular formula is C17H23N3O3S. The number of benzene rings is 1. The predicted octanol–water partition coefficient (Wildman–Crippen LogP) is 2.05. The Morgan fingerprint density at radius 2 is 2.17 bits per heavy atom. The molecule has 0 saturated carbocycles. The Labute approximate surface area is 143 Å². The van der Waals surface area contributed by atoms with Crippen molar-refractivity contribution < 1.29 is 13.2 Å². The van der Waals surface area contributed by atoms with Gasteiger partial charge in [0.05, 0.1) is 35.3 Å². The minimum absolute atomic E-state index is 0.327. The van der Waals surface area contributed by atoms with Crippen LogP contribution in [0.1, 0.15) is 29.9 Å². The molecule has 0 aliphatic carbocycles. The van der Waals surface area contributed by atoms with E-state index < -0.39 is 10.0 Å². The van der Waals surface area contributed by atoms with Gasteiger partial charge in [0.15, 0.2) is 0 Å². The van der Waals surface area contributed by atoms with E-state index >= 15 is 0 Å². The summed E-state index contributed by atoms with van der Waals surface area (Å²) in [6, 6.07) is 6.68. The zero-order valence-electron chi connectivity index (χ0n) is 14.3. The Hall–Kier alpha value is -1.70. The van der Waals surface area contributed by atoms with Gasteiger partial charge < -0.3 is 9.30 Å². The van der Waals surface area contributed by atoms with E-state index in [1.165, 1.54) is 0 Å². The number of rotatable bonds is 5. The lowest BCUT2D eigenvalue weighted by Gasteiger charge is -2.34. The van der Waals surface area contributed by atoms with Gasteiger partial charge in [-0.2, -0.15) is 4.31 Å². The van der Waals surface area contributed by atoms with Crippen LogP contribution in [0.25, 0.3) is 0 Å². The molecule has 2 heterocycles. The molecule has 0 amide bonds. The van der Waals surface area contributed by atoms with Crippen molar-refractivity contribution in [2.45, 2.75) is 31.2 Å². The summed E-state index contributed by atoms with van der Waals surface area (Å²) < 4.78 is 35.4. The Bertz CT molecular complexity index is 829. The van der Waals surface area contributed by atoms with Crippen LogP contribution >= 0.6 is 0 Å². The van der Waals surface area contributed by atoms with Gasteiger partial charge in [0, 0.05) is 26.6 Å². The van der Waals surface area contributed by atoms with Crippen molar-refractivity contribution in [3.05, 3.63) is 47.5 Å². The molecular weight excluding hydrogens is 326 g/mol. The third-order valence-corrected chi connectivity index (χ3v) is 6.27. The first-order valence-electron chi connectivity index (χ1n) is 8.11. The maximum Gasteiger partial charge on any atom is 0.243 e. The Kier molecular flexibility index (Phi) is 4.76. The fraction of sp³-hybridized carbons (Fsp3) is 0.471. The van der Waals surface area contributed by atoms with Crippen LogP contribution in [0.2, 0.25) is 0 Å². The summed E-state index contributed by atoms with van der Waals surface area (Å²) in [5.74, 6) is 0. The zero-order valence-corrected chi connectivity index (χ0v) is 15.1. The molecule has 0 fully saturated rings. The van der Waals surface area contributed by atoms with E-state index in [1.54, 1.807) is 28.8 Å². The molecule has 0 N–H and O–H groups in total. The lowest BCUT2D eigenvalue weighted by atomic mass is 10.1. The second kappa shape index (κ2) is 6.66. The Morgan fingerprint density at radius 1 is 1.38 bits per heavy atom. The van der Waals surface area contributed by atoms with Gasteiger partial charge in [0.25, 0.3) is 0 Å². The monoisotopic (exact) mass is 349 g/mol. The average molecular weight is 349 g/mol. The topological polar surface area (TPSA) is 64.4 Å². The molecule has 1 unspecified atom stereocenters. The Balaban J connectivity index is 2.04. The first kappa shape index (κ1) is 17.1. The Morgan fingerprint density at radius 3 is 2.88 bits per heavy atom. The van der Waals surface area contributed by atoms with Crippen LogP contribution < -0.4 is 0 Å². The molecule has 130 valence electrons. The SMILES string of the molecule is CCOCC1c2c(ncn2C)CCN1S(=O)(=O)c1cccc(C)c1. The largest absolute Gasteiger partial charge is 0.380 e.